The van der Waals surface area contributed by atoms with Crippen LogP contribution in [0.15, 0.2) is 53.5 Å². The summed E-state index contributed by atoms with van der Waals surface area (Å²) in [4.78, 5) is 30.7. The number of aryl methyl sites for hydroxylation is 2. The highest BCUT2D eigenvalue weighted by atomic mass is 16.5. The highest BCUT2D eigenvalue weighted by Gasteiger charge is 2.16. The number of rotatable bonds is 6. The van der Waals surface area contributed by atoms with Crippen LogP contribution >= 0.6 is 0 Å². The van der Waals surface area contributed by atoms with Gasteiger partial charge in [-0.05, 0) is 54.3 Å². The second-order valence-electron chi connectivity index (χ2n) is 9.07. The van der Waals surface area contributed by atoms with Crippen LogP contribution in [-0.2, 0) is 17.8 Å². The number of nitrogens with one attached hydrogen (secondary N) is 3. The Hall–Kier alpha value is -3.75. The van der Waals surface area contributed by atoms with Crippen molar-refractivity contribution in [3.63, 3.8) is 0 Å². The molecule has 1 amide bonds. The van der Waals surface area contributed by atoms with Crippen molar-refractivity contribution in [3.8, 4) is 11.1 Å². The predicted molar refractivity (Wildman–Crippen MR) is 135 cm³/mol. The van der Waals surface area contributed by atoms with Crippen LogP contribution in [0.5, 0.6) is 0 Å². The first-order valence-electron chi connectivity index (χ1n) is 11.8. The van der Waals surface area contributed by atoms with Crippen LogP contribution in [0.25, 0.3) is 22.0 Å². The van der Waals surface area contributed by atoms with E-state index in [1.54, 1.807) is 6.20 Å². The van der Waals surface area contributed by atoms with Crippen LogP contribution in [0.3, 0.4) is 0 Å². The maximum absolute atomic E-state index is 13.2. The lowest BCUT2D eigenvalue weighted by Crippen LogP contribution is -2.35. The number of benzene rings is 2. The standard InChI is InChI=1S/C27H29N5O3/c1-17-11-18(2)30-27(34)23(17)14-28-26(33)22-12-21(13-25-24(22)15-29-31-25)20-5-3-19(4-6-20)16-32-7-9-35-10-8-32/h3-6,11-13,15H,7-10,14,16H2,1-2H3,(H,28,33)(H,29,31)(H,30,34). The first kappa shape index (κ1) is 23.0. The second-order valence-corrected chi connectivity index (χ2v) is 9.07. The molecule has 0 atom stereocenters. The molecule has 1 saturated heterocycles. The van der Waals surface area contributed by atoms with Gasteiger partial charge in [-0.1, -0.05) is 24.3 Å². The van der Waals surface area contributed by atoms with Crippen LogP contribution in [-0.4, -0.2) is 52.3 Å². The molecule has 3 N–H and O–H groups in total. The topological polar surface area (TPSA) is 103 Å². The molecule has 1 fully saturated rings. The van der Waals surface area contributed by atoms with Gasteiger partial charge in [-0.3, -0.25) is 19.6 Å². The Morgan fingerprint density at radius 1 is 1.09 bits per heavy atom. The summed E-state index contributed by atoms with van der Waals surface area (Å²) in [5, 5.41) is 10.8. The van der Waals surface area contributed by atoms with Gasteiger partial charge < -0.3 is 15.0 Å². The zero-order valence-electron chi connectivity index (χ0n) is 20.0. The molecule has 0 saturated carbocycles. The Morgan fingerprint density at radius 3 is 2.60 bits per heavy atom. The van der Waals surface area contributed by atoms with E-state index in [1.165, 1.54) is 5.56 Å². The molecule has 1 aliphatic rings. The fraction of sp³-hybridized carbons (Fsp3) is 0.296. The average Bonchev–Trinajstić information content (AvgIpc) is 3.32. The molecule has 8 heteroatoms. The van der Waals surface area contributed by atoms with Crippen LogP contribution < -0.4 is 10.9 Å². The van der Waals surface area contributed by atoms with E-state index < -0.39 is 0 Å². The zero-order chi connectivity index (χ0) is 24.4. The zero-order valence-corrected chi connectivity index (χ0v) is 20.0. The number of aromatic amines is 2. The molecular weight excluding hydrogens is 442 g/mol. The molecule has 0 radical (unpaired) electrons. The van der Waals surface area contributed by atoms with Crippen molar-refractivity contribution >= 4 is 16.8 Å². The highest BCUT2D eigenvalue weighted by Crippen LogP contribution is 2.27. The van der Waals surface area contributed by atoms with E-state index in [9.17, 15) is 9.59 Å². The number of hydrogen-bond donors (Lipinski definition) is 3. The van der Waals surface area contributed by atoms with E-state index >= 15 is 0 Å². The molecule has 0 aliphatic carbocycles. The molecular formula is C27H29N5O3. The molecule has 5 rings (SSSR count). The van der Waals surface area contributed by atoms with Gasteiger partial charge in [0.05, 0.1) is 30.5 Å². The highest BCUT2D eigenvalue weighted by molar-refractivity contribution is 6.07. The van der Waals surface area contributed by atoms with Gasteiger partial charge in [0.15, 0.2) is 0 Å². The average molecular weight is 472 g/mol. The quantitative estimate of drug-likeness (QED) is 0.400. The largest absolute Gasteiger partial charge is 0.379 e. The summed E-state index contributed by atoms with van der Waals surface area (Å²) < 4.78 is 5.43. The van der Waals surface area contributed by atoms with Crippen molar-refractivity contribution in [1.82, 2.24) is 25.4 Å². The summed E-state index contributed by atoms with van der Waals surface area (Å²) >= 11 is 0. The van der Waals surface area contributed by atoms with Crippen LogP contribution in [0.1, 0.15) is 32.7 Å². The maximum Gasteiger partial charge on any atom is 0.253 e. The van der Waals surface area contributed by atoms with Gasteiger partial charge in [-0.2, -0.15) is 5.10 Å². The fourth-order valence-corrected chi connectivity index (χ4v) is 4.59. The SMILES string of the molecule is Cc1cc(C)c(CNC(=O)c2cc(-c3ccc(CN4CCOCC4)cc3)cc3[nH]ncc23)c(=O)[nH]1. The summed E-state index contributed by atoms with van der Waals surface area (Å²) in [6, 6.07) is 14.2. The lowest BCUT2D eigenvalue weighted by molar-refractivity contribution is 0.0342. The second kappa shape index (κ2) is 9.85. The molecule has 0 unspecified atom stereocenters. The van der Waals surface area contributed by atoms with Crippen molar-refractivity contribution in [1.29, 1.82) is 0 Å². The lowest BCUT2D eigenvalue weighted by atomic mass is 9.98. The molecule has 2 aromatic carbocycles. The molecule has 0 bridgehead atoms. The molecule has 35 heavy (non-hydrogen) atoms. The van der Waals surface area contributed by atoms with Gasteiger partial charge in [-0.15, -0.1) is 0 Å². The Morgan fingerprint density at radius 2 is 1.86 bits per heavy atom. The summed E-state index contributed by atoms with van der Waals surface area (Å²) in [6.45, 7) is 8.23. The maximum atomic E-state index is 13.2. The minimum atomic E-state index is -0.249. The molecule has 1 aliphatic heterocycles. The van der Waals surface area contributed by atoms with Crippen LogP contribution in [0.2, 0.25) is 0 Å². The molecule has 4 aromatic rings. The summed E-state index contributed by atoms with van der Waals surface area (Å²) in [5.41, 5.74) is 6.52. The summed E-state index contributed by atoms with van der Waals surface area (Å²) in [6.07, 6.45) is 1.66. The Labute approximate surface area is 203 Å². The summed E-state index contributed by atoms with van der Waals surface area (Å²) in [5.74, 6) is -0.249. The number of pyridine rings is 1. The predicted octanol–water partition coefficient (Wildman–Crippen LogP) is 3.30. The molecule has 0 spiro atoms. The van der Waals surface area contributed by atoms with Gasteiger partial charge in [0, 0.05) is 42.8 Å². The van der Waals surface area contributed by atoms with Crippen molar-refractivity contribution in [2.45, 2.75) is 26.9 Å². The van der Waals surface area contributed by atoms with E-state index in [4.69, 9.17) is 4.74 Å². The van der Waals surface area contributed by atoms with Crippen LogP contribution in [0.4, 0.5) is 0 Å². The van der Waals surface area contributed by atoms with Gasteiger partial charge >= 0.3 is 0 Å². The third-order valence-corrected chi connectivity index (χ3v) is 6.52. The number of carbonyl (C=O) groups is 1. The first-order valence-corrected chi connectivity index (χ1v) is 11.8. The van der Waals surface area contributed by atoms with Crippen molar-refractivity contribution in [2.75, 3.05) is 26.3 Å². The van der Waals surface area contributed by atoms with E-state index in [0.29, 0.717) is 11.1 Å². The van der Waals surface area contributed by atoms with Gasteiger partial charge in [0.25, 0.3) is 11.5 Å². The number of morpholine rings is 1. The first-order chi connectivity index (χ1) is 17.0. The smallest absolute Gasteiger partial charge is 0.253 e. The number of H-pyrrole nitrogens is 2. The number of fused-ring (bicyclic) bond motifs is 1. The van der Waals surface area contributed by atoms with E-state index in [2.05, 4.69) is 49.7 Å². The monoisotopic (exact) mass is 471 g/mol. The Kier molecular flexibility index (Phi) is 6.48. The Bertz CT molecular complexity index is 1420. The fourth-order valence-electron chi connectivity index (χ4n) is 4.59. The molecule has 3 heterocycles. The minimum absolute atomic E-state index is 0.153. The van der Waals surface area contributed by atoms with Gasteiger partial charge in [0.1, 0.15) is 0 Å². The number of ether oxygens (including phenoxy) is 1. The number of aromatic nitrogens is 3. The van der Waals surface area contributed by atoms with Crippen molar-refractivity contribution in [3.05, 3.63) is 87.0 Å². The third kappa shape index (κ3) is 5.03. The van der Waals surface area contributed by atoms with E-state index in [-0.39, 0.29) is 18.0 Å². The number of carbonyl (C=O) groups excluding carboxylic acids is 1. The number of hydrogen-bond acceptors (Lipinski definition) is 5. The summed E-state index contributed by atoms with van der Waals surface area (Å²) in [7, 11) is 0. The minimum Gasteiger partial charge on any atom is -0.379 e. The van der Waals surface area contributed by atoms with Crippen molar-refractivity contribution in [2.24, 2.45) is 0 Å². The number of nitrogens with zero attached hydrogens (tertiary/aromatic N) is 2. The van der Waals surface area contributed by atoms with Crippen molar-refractivity contribution < 1.29 is 9.53 Å². The third-order valence-electron chi connectivity index (χ3n) is 6.52. The van der Waals surface area contributed by atoms with E-state index in [1.807, 2.05) is 32.0 Å². The normalized spacial score (nSPS) is 14.3. The van der Waals surface area contributed by atoms with Gasteiger partial charge in [-0.25, -0.2) is 0 Å². The lowest BCUT2D eigenvalue weighted by Gasteiger charge is -2.26. The number of amides is 1. The molecule has 180 valence electrons. The van der Waals surface area contributed by atoms with Gasteiger partial charge in [0.2, 0.25) is 0 Å². The molecule has 8 nitrogen and oxygen atoms in total. The Balaban J connectivity index is 1.38. The molecule has 2 aromatic heterocycles. The van der Waals surface area contributed by atoms with E-state index in [0.717, 1.165) is 66.1 Å². The van der Waals surface area contributed by atoms with Crippen LogP contribution in [0, 0.1) is 13.8 Å².